The van der Waals surface area contributed by atoms with Crippen molar-refractivity contribution in [2.24, 2.45) is 5.92 Å². The Labute approximate surface area is 109 Å². The highest BCUT2D eigenvalue weighted by Gasteiger charge is 2.23. The van der Waals surface area contributed by atoms with Crippen molar-refractivity contribution in [2.45, 2.75) is 19.4 Å². The second-order valence-electron chi connectivity index (χ2n) is 5.02. The lowest BCUT2D eigenvalue weighted by Gasteiger charge is -2.18. The Morgan fingerprint density at radius 2 is 2.39 bits per heavy atom. The molecule has 0 aromatic carbocycles. The van der Waals surface area contributed by atoms with Gasteiger partial charge in [-0.15, -0.1) is 0 Å². The van der Waals surface area contributed by atoms with Crippen LogP contribution in [0.3, 0.4) is 0 Å². The van der Waals surface area contributed by atoms with Crippen LogP contribution >= 0.6 is 0 Å². The molecule has 0 saturated carbocycles. The summed E-state index contributed by atoms with van der Waals surface area (Å²) < 4.78 is 5.22. The summed E-state index contributed by atoms with van der Waals surface area (Å²) >= 11 is 0. The average molecular weight is 249 g/mol. The molecular formula is C14H23N3O. The van der Waals surface area contributed by atoms with E-state index in [-0.39, 0.29) is 0 Å². The van der Waals surface area contributed by atoms with Gasteiger partial charge in [-0.25, -0.2) is 4.98 Å². The number of anilines is 1. The fourth-order valence-electron chi connectivity index (χ4n) is 2.42. The second-order valence-corrected chi connectivity index (χ2v) is 5.02. The van der Waals surface area contributed by atoms with Crippen molar-refractivity contribution in [1.82, 2.24) is 10.3 Å². The quantitative estimate of drug-likeness (QED) is 0.864. The van der Waals surface area contributed by atoms with E-state index in [1.165, 1.54) is 12.0 Å². The predicted molar refractivity (Wildman–Crippen MR) is 73.9 cm³/mol. The minimum Gasteiger partial charge on any atom is -0.384 e. The van der Waals surface area contributed by atoms with E-state index in [0.717, 1.165) is 25.5 Å². The van der Waals surface area contributed by atoms with Crippen LogP contribution in [0.2, 0.25) is 0 Å². The molecule has 1 aromatic heterocycles. The summed E-state index contributed by atoms with van der Waals surface area (Å²) in [5.41, 5.74) is 1.23. The minimum absolute atomic E-state index is 0.353. The molecule has 2 unspecified atom stereocenters. The molecule has 18 heavy (non-hydrogen) atoms. The molecule has 100 valence electrons. The van der Waals surface area contributed by atoms with E-state index in [4.69, 9.17) is 4.74 Å². The van der Waals surface area contributed by atoms with Crippen LogP contribution in [0.15, 0.2) is 18.3 Å². The third-order valence-corrected chi connectivity index (χ3v) is 3.72. The van der Waals surface area contributed by atoms with Crippen molar-refractivity contribution < 1.29 is 4.74 Å². The first-order valence-corrected chi connectivity index (χ1v) is 6.61. The van der Waals surface area contributed by atoms with Crippen molar-refractivity contribution in [3.8, 4) is 0 Å². The Hall–Kier alpha value is -1.13. The molecule has 1 fully saturated rings. The highest BCUT2D eigenvalue weighted by atomic mass is 16.5. The Morgan fingerprint density at radius 1 is 1.56 bits per heavy atom. The van der Waals surface area contributed by atoms with Gasteiger partial charge in [-0.2, -0.15) is 0 Å². The average Bonchev–Trinajstić information content (AvgIpc) is 2.87. The maximum absolute atomic E-state index is 5.22. The number of nitrogens with one attached hydrogen (secondary N) is 1. The molecule has 0 aliphatic carbocycles. The summed E-state index contributed by atoms with van der Waals surface area (Å²) in [7, 11) is 3.74. The summed E-state index contributed by atoms with van der Waals surface area (Å²) in [4.78, 5) is 6.91. The largest absolute Gasteiger partial charge is 0.384 e. The van der Waals surface area contributed by atoms with Gasteiger partial charge in [0, 0.05) is 38.4 Å². The van der Waals surface area contributed by atoms with E-state index in [2.05, 4.69) is 34.3 Å². The number of hydrogen-bond donors (Lipinski definition) is 1. The second kappa shape index (κ2) is 6.16. The molecule has 2 heterocycles. The van der Waals surface area contributed by atoms with Crippen LogP contribution in [0.5, 0.6) is 0 Å². The SMILES string of the molecule is CNC(C)c1ccc(N2CCC(COC)C2)nc1. The Kier molecular flexibility index (Phi) is 4.55. The van der Waals surface area contributed by atoms with Gasteiger partial charge in [0.15, 0.2) is 0 Å². The highest BCUT2D eigenvalue weighted by Crippen LogP contribution is 2.23. The van der Waals surface area contributed by atoms with Crippen molar-refractivity contribution in [1.29, 1.82) is 0 Å². The lowest BCUT2D eigenvalue weighted by molar-refractivity contribution is 0.161. The molecule has 0 amide bonds. The van der Waals surface area contributed by atoms with Crippen LogP contribution in [0.1, 0.15) is 24.9 Å². The van der Waals surface area contributed by atoms with Crippen LogP contribution in [0, 0.1) is 5.92 Å². The third-order valence-electron chi connectivity index (χ3n) is 3.72. The van der Waals surface area contributed by atoms with Gasteiger partial charge in [0.25, 0.3) is 0 Å². The topological polar surface area (TPSA) is 37.4 Å². The van der Waals surface area contributed by atoms with E-state index in [1.54, 1.807) is 7.11 Å². The maximum atomic E-state index is 5.22. The van der Waals surface area contributed by atoms with E-state index in [1.807, 2.05) is 13.2 Å². The van der Waals surface area contributed by atoms with Gasteiger partial charge in [-0.1, -0.05) is 6.07 Å². The molecule has 4 heteroatoms. The number of rotatable bonds is 5. The zero-order valence-corrected chi connectivity index (χ0v) is 11.5. The number of methoxy groups -OCH3 is 1. The van der Waals surface area contributed by atoms with E-state index in [9.17, 15) is 0 Å². The van der Waals surface area contributed by atoms with E-state index >= 15 is 0 Å². The van der Waals surface area contributed by atoms with Crippen LogP contribution in [0.4, 0.5) is 5.82 Å². The summed E-state index contributed by atoms with van der Waals surface area (Å²) in [6, 6.07) is 4.64. The normalized spacial score (nSPS) is 21.3. The van der Waals surface area contributed by atoms with E-state index in [0.29, 0.717) is 12.0 Å². The van der Waals surface area contributed by atoms with Crippen LogP contribution in [-0.2, 0) is 4.74 Å². The molecule has 1 aliphatic heterocycles. The van der Waals surface area contributed by atoms with Crippen molar-refractivity contribution in [2.75, 3.05) is 38.8 Å². The predicted octanol–water partition coefficient (Wildman–Crippen LogP) is 1.83. The number of nitrogens with zero attached hydrogens (tertiary/aromatic N) is 2. The zero-order valence-electron chi connectivity index (χ0n) is 11.5. The van der Waals surface area contributed by atoms with Crippen molar-refractivity contribution in [3.63, 3.8) is 0 Å². The number of ether oxygens (including phenoxy) is 1. The molecule has 1 N–H and O–H groups in total. The number of pyridine rings is 1. The molecule has 2 rings (SSSR count). The lowest BCUT2D eigenvalue weighted by atomic mass is 10.1. The highest BCUT2D eigenvalue weighted by molar-refractivity contribution is 5.41. The summed E-state index contributed by atoms with van der Waals surface area (Å²) in [5.74, 6) is 1.73. The first kappa shape index (κ1) is 13.3. The van der Waals surface area contributed by atoms with Gasteiger partial charge < -0.3 is 15.0 Å². The van der Waals surface area contributed by atoms with Crippen LogP contribution < -0.4 is 10.2 Å². The number of hydrogen-bond acceptors (Lipinski definition) is 4. The van der Waals surface area contributed by atoms with Gasteiger partial charge in [0.05, 0.1) is 6.61 Å². The van der Waals surface area contributed by atoms with Crippen molar-refractivity contribution >= 4 is 5.82 Å². The molecule has 1 aromatic rings. The van der Waals surface area contributed by atoms with Gasteiger partial charge in [-0.05, 0) is 32.0 Å². The lowest BCUT2D eigenvalue weighted by Crippen LogP contribution is -2.22. The maximum Gasteiger partial charge on any atom is 0.128 e. The molecule has 4 nitrogen and oxygen atoms in total. The molecule has 1 saturated heterocycles. The van der Waals surface area contributed by atoms with Gasteiger partial charge in [0.1, 0.15) is 5.82 Å². The minimum atomic E-state index is 0.353. The van der Waals surface area contributed by atoms with Crippen LogP contribution in [0.25, 0.3) is 0 Å². The molecule has 2 atom stereocenters. The first-order valence-electron chi connectivity index (χ1n) is 6.61. The first-order chi connectivity index (χ1) is 8.74. The third kappa shape index (κ3) is 3.00. The fourth-order valence-corrected chi connectivity index (χ4v) is 2.42. The summed E-state index contributed by atoms with van der Waals surface area (Å²) in [6.07, 6.45) is 3.17. The van der Waals surface area contributed by atoms with Crippen molar-refractivity contribution in [3.05, 3.63) is 23.9 Å². The summed E-state index contributed by atoms with van der Waals surface area (Å²) in [6.45, 7) is 5.14. The molecule has 0 spiro atoms. The Morgan fingerprint density at radius 3 is 3.00 bits per heavy atom. The molecule has 0 radical (unpaired) electrons. The fraction of sp³-hybridized carbons (Fsp3) is 0.643. The summed E-state index contributed by atoms with van der Waals surface area (Å²) in [5, 5.41) is 3.22. The van der Waals surface area contributed by atoms with Gasteiger partial charge in [0.2, 0.25) is 0 Å². The monoisotopic (exact) mass is 249 g/mol. The molecule has 0 bridgehead atoms. The Balaban J connectivity index is 1.98. The number of aromatic nitrogens is 1. The van der Waals surface area contributed by atoms with Crippen LogP contribution in [-0.4, -0.2) is 38.8 Å². The zero-order chi connectivity index (χ0) is 13.0. The standard InChI is InChI=1S/C14H23N3O/c1-11(15-2)13-4-5-14(16-8-13)17-7-6-12(9-17)10-18-3/h4-5,8,11-12,15H,6-7,9-10H2,1-3H3. The van der Waals surface area contributed by atoms with E-state index < -0.39 is 0 Å². The molecular weight excluding hydrogens is 226 g/mol. The molecule has 1 aliphatic rings. The van der Waals surface area contributed by atoms with Gasteiger partial charge in [-0.3, -0.25) is 0 Å². The smallest absolute Gasteiger partial charge is 0.128 e. The Bertz CT molecular complexity index is 366. The van der Waals surface area contributed by atoms with Gasteiger partial charge >= 0.3 is 0 Å².